The summed E-state index contributed by atoms with van der Waals surface area (Å²) >= 11 is 5.86. The van der Waals surface area contributed by atoms with Crippen LogP contribution in [0.5, 0.6) is 5.75 Å². The number of amides is 3. The van der Waals surface area contributed by atoms with E-state index in [0.717, 1.165) is 0 Å². The van der Waals surface area contributed by atoms with Crippen LogP contribution in [0.3, 0.4) is 0 Å². The van der Waals surface area contributed by atoms with Crippen LogP contribution in [-0.4, -0.2) is 31.4 Å². The van der Waals surface area contributed by atoms with Crippen molar-refractivity contribution in [1.82, 2.24) is 10.9 Å². The van der Waals surface area contributed by atoms with Crippen molar-refractivity contribution < 1.29 is 19.1 Å². The third-order valence-corrected chi connectivity index (χ3v) is 4.54. The van der Waals surface area contributed by atoms with Gasteiger partial charge in [-0.3, -0.25) is 25.2 Å². The first-order valence-corrected chi connectivity index (χ1v) is 8.66. The molecule has 27 heavy (non-hydrogen) atoms. The number of benzene rings is 2. The minimum atomic E-state index is -0.552. The van der Waals surface area contributed by atoms with E-state index in [2.05, 4.69) is 10.9 Å². The number of ether oxygens (including phenoxy) is 1. The Bertz CT molecular complexity index is 852. The molecule has 8 heteroatoms. The number of hydrazine groups is 1. The van der Waals surface area contributed by atoms with E-state index in [-0.39, 0.29) is 18.9 Å². The van der Waals surface area contributed by atoms with Gasteiger partial charge in [0.15, 0.2) is 0 Å². The Morgan fingerprint density at radius 3 is 2.37 bits per heavy atom. The fourth-order valence-electron chi connectivity index (χ4n) is 2.79. The van der Waals surface area contributed by atoms with Crippen LogP contribution in [0.1, 0.15) is 16.8 Å². The molecular formula is C19H18ClN3O4. The van der Waals surface area contributed by atoms with Crippen LogP contribution in [0.15, 0.2) is 48.5 Å². The number of nitrogens with zero attached hydrogens (tertiary/aromatic N) is 1. The maximum atomic E-state index is 12.3. The highest BCUT2D eigenvalue weighted by Crippen LogP contribution is 2.26. The molecule has 140 valence electrons. The van der Waals surface area contributed by atoms with Crippen molar-refractivity contribution in [1.29, 1.82) is 0 Å². The normalized spacial score (nSPS) is 16.1. The molecule has 0 radical (unpaired) electrons. The number of carbonyl (C=O) groups is 3. The molecule has 1 aliphatic rings. The smallest absolute Gasteiger partial charge is 0.269 e. The third-order valence-electron chi connectivity index (χ3n) is 4.29. The lowest BCUT2D eigenvalue weighted by Crippen LogP contribution is -2.45. The van der Waals surface area contributed by atoms with E-state index in [1.54, 1.807) is 48.5 Å². The van der Waals surface area contributed by atoms with Gasteiger partial charge < -0.3 is 9.64 Å². The van der Waals surface area contributed by atoms with Gasteiger partial charge in [0.25, 0.3) is 5.91 Å². The lowest BCUT2D eigenvalue weighted by atomic mass is 10.1. The van der Waals surface area contributed by atoms with Gasteiger partial charge in [0.1, 0.15) is 5.75 Å². The highest BCUT2D eigenvalue weighted by atomic mass is 35.5. The monoisotopic (exact) mass is 387 g/mol. The predicted octanol–water partition coefficient (Wildman–Crippen LogP) is 2.16. The van der Waals surface area contributed by atoms with E-state index in [9.17, 15) is 14.4 Å². The van der Waals surface area contributed by atoms with Crippen molar-refractivity contribution >= 4 is 35.0 Å². The number of rotatable bonds is 4. The second kappa shape index (κ2) is 8.09. The second-order valence-corrected chi connectivity index (χ2v) is 6.49. The van der Waals surface area contributed by atoms with Crippen LogP contribution >= 0.6 is 11.6 Å². The predicted molar refractivity (Wildman–Crippen MR) is 101 cm³/mol. The molecule has 0 spiro atoms. The Morgan fingerprint density at radius 2 is 1.74 bits per heavy atom. The number of anilines is 1. The average Bonchev–Trinajstić information content (AvgIpc) is 3.08. The second-order valence-electron chi connectivity index (χ2n) is 6.05. The zero-order valence-corrected chi connectivity index (χ0v) is 15.3. The van der Waals surface area contributed by atoms with Crippen molar-refractivity contribution in [3.05, 3.63) is 59.1 Å². The fraction of sp³-hybridized carbons (Fsp3) is 0.211. The van der Waals surface area contributed by atoms with E-state index in [1.165, 1.54) is 12.0 Å². The molecule has 3 amide bonds. The molecule has 0 bridgehead atoms. The van der Waals surface area contributed by atoms with Crippen molar-refractivity contribution in [2.75, 3.05) is 18.6 Å². The lowest BCUT2D eigenvalue weighted by Gasteiger charge is -2.17. The molecule has 1 aliphatic heterocycles. The summed E-state index contributed by atoms with van der Waals surface area (Å²) in [5.41, 5.74) is 5.81. The van der Waals surface area contributed by atoms with Gasteiger partial charge in [-0.2, -0.15) is 0 Å². The number of carbonyl (C=O) groups excluding carboxylic acids is 3. The first-order chi connectivity index (χ1) is 13.0. The first kappa shape index (κ1) is 18.7. The molecule has 1 fully saturated rings. The van der Waals surface area contributed by atoms with Crippen LogP contribution in [0.25, 0.3) is 0 Å². The number of hydrogen-bond donors (Lipinski definition) is 2. The quantitative estimate of drug-likeness (QED) is 0.787. The summed E-state index contributed by atoms with van der Waals surface area (Å²) in [5, 5.41) is 0.570. The molecule has 1 heterocycles. The molecule has 0 saturated carbocycles. The molecule has 2 aromatic rings. The fourth-order valence-corrected chi connectivity index (χ4v) is 2.91. The van der Waals surface area contributed by atoms with E-state index < -0.39 is 17.7 Å². The van der Waals surface area contributed by atoms with E-state index in [0.29, 0.717) is 22.0 Å². The van der Waals surface area contributed by atoms with Gasteiger partial charge in [0.05, 0.1) is 13.0 Å². The number of halogens is 1. The Hall–Kier alpha value is -3.06. The molecule has 0 aliphatic carbocycles. The largest absolute Gasteiger partial charge is 0.497 e. The van der Waals surface area contributed by atoms with Crippen LogP contribution in [0, 0.1) is 5.92 Å². The maximum Gasteiger partial charge on any atom is 0.269 e. The average molecular weight is 388 g/mol. The number of hydrogen-bond acceptors (Lipinski definition) is 4. The minimum Gasteiger partial charge on any atom is -0.497 e. The highest BCUT2D eigenvalue weighted by Gasteiger charge is 2.35. The van der Waals surface area contributed by atoms with Crippen LogP contribution in [0.2, 0.25) is 5.02 Å². The Balaban J connectivity index is 1.55. The van der Waals surface area contributed by atoms with Crippen molar-refractivity contribution in [3.63, 3.8) is 0 Å². The topological polar surface area (TPSA) is 87.7 Å². The summed E-state index contributed by atoms with van der Waals surface area (Å²) in [5.74, 6) is -0.947. The van der Waals surface area contributed by atoms with Crippen molar-refractivity contribution in [2.45, 2.75) is 6.42 Å². The summed E-state index contributed by atoms with van der Waals surface area (Å²) in [4.78, 5) is 38.1. The molecule has 3 rings (SSSR count). The van der Waals surface area contributed by atoms with Crippen LogP contribution in [0.4, 0.5) is 5.69 Å². The van der Waals surface area contributed by atoms with Gasteiger partial charge >= 0.3 is 0 Å². The number of methoxy groups -OCH3 is 1. The maximum absolute atomic E-state index is 12.3. The van der Waals surface area contributed by atoms with Crippen LogP contribution < -0.4 is 20.5 Å². The van der Waals surface area contributed by atoms with Crippen LogP contribution in [-0.2, 0) is 9.59 Å². The van der Waals surface area contributed by atoms with Gasteiger partial charge in [-0.1, -0.05) is 11.6 Å². The van der Waals surface area contributed by atoms with Gasteiger partial charge in [-0.25, -0.2) is 0 Å². The molecule has 7 nitrogen and oxygen atoms in total. The molecule has 2 aromatic carbocycles. The van der Waals surface area contributed by atoms with Crippen molar-refractivity contribution in [2.24, 2.45) is 5.92 Å². The minimum absolute atomic E-state index is 0.0763. The summed E-state index contributed by atoms with van der Waals surface area (Å²) in [6, 6.07) is 13.3. The lowest BCUT2D eigenvalue weighted by molar-refractivity contribution is -0.126. The molecule has 0 aromatic heterocycles. The first-order valence-electron chi connectivity index (χ1n) is 8.28. The number of nitrogens with one attached hydrogen (secondary N) is 2. The summed E-state index contributed by atoms with van der Waals surface area (Å²) in [6.45, 7) is 0.241. The summed E-state index contributed by atoms with van der Waals surface area (Å²) in [7, 11) is 1.53. The Kier molecular flexibility index (Phi) is 5.61. The Labute approximate surface area is 161 Å². The molecule has 2 N–H and O–H groups in total. The molecule has 1 saturated heterocycles. The Morgan fingerprint density at radius 1 is 1.07 bits per heavy atom. The van der Waals surface area contributed by atoms with Gasteiger partial charge in [0.2, 0.25) is 11.8 Å². The van der Waals surface area contributed by atoms with E-state index in [4.69, 9.17) is 16.3 Å². The molecular weight excluding hydrogens is 370 g/mol. The zero-order chi connectivity index (χ0) is 19.4. The van der Waals surface area contributed by atoms with Gasteiger partial charge in [-0.15, -0.1) is 0 Å². The van der Waals surface area contributed by atoms with E-state index >= 15 is 0 Å². The summed E-state index contributed by atoms with van der Waals surface area (Å²) in [6.07, 6.45) is 0.0763. The highest BCUT2D eigenvalue weighted by molar-refractivity contribution is 6.30. The SMILES string of the molecule is COc1ccc(C(=O)NNC(=O)[C@H]2CC(=O)N(c3ccc(Cl)cc3)C2)cc1. The van der Waals surface area contributed by atoms with Gasteiger partial charge in [0, 0.05) is 29.2 Å². The summed E-state index contributed by atoms with van der Waals surface area (Å²) < 4.78 is 5.03. The standard InChI is InChI=1S/C19H18ClN3O4/c1-27-16-8-2-12(3-9-16)18(25)21-22-19(26)13-10-17(24)23(11-13)15-6-4-14(20)5-7-15/h2-9,13H,10-11H2,1H3,(H,21,25)(H,22,26)/t13-/m0/s1. The van der Waals surface area contributed by atoms with Crippen molar-refractivity contribution in [3.8, 4) is 5.75 Å². The van der Waals surface area contributed by atoms with Gasteiger partial charge in [-0.05, 0) is 48.5 Å². The zero-order valence-electron chi connectivity index (χ0n) is 14.6. The molecule has 1 atom stereocenters. The van der Waals surface area contributed by atoms with E-state index in [1.807, 2.05) is 0 Å². The molecule has 0 unspecified atom stereocenters. The third kappa shape index (κ3) is 4.38.